The zero-order valence-corrected chi connectivity index (χ0v) is 82.3. The molecule has 0 unspecified atom stereocenters. The number of likely N-dealkylation sites (N-methyl/N-ethyl adjacent to an activating group) is 1. The lowest BCUT2D eigenvalue weighted by Gasteiger charge is -2.40. The first-order chi connectivity index (χ1) is 65.5. The summed E-state index contributed by atoms with van der Waals surface area (Å²) in [4.78, 5) is 172. The van der Waals surface area contributed by atoms with Crippen molar-refractivity contribution in [3.63, 3.8) is 0 Å². The van der Waals surface area contributed by atoms with Gasteiger partial charge in [0.25, 0.3) is 15.9 Å². The lowest BCUT2D eigenvalue weighted by atomic mass is 9.83. The number of carbonyl (C=O) groups is 12. The summed E-state index contributed by atoms with van der Waals surface area (Å²) in [5.41, 5.74) is 9.39. The van der Waals surface area contributed by atoms with E-state index in [-0.39, 0.29) is 181 Å². The van der Waals surface area contributed by atoms with Gasteiger partial charge in [0.1, 0.15) is 41.3 Å². The van der Waals surface area contributed by atoms with Crippen LogP contribution in [0.2, 0.25) is 0 Å². The van der Waals surface area contributed by atoms with Crippen molar-refractivity contribution >= 4 is 116 Å². The van der Waals surface area contributed by atoms with E-state index in [2.05, 4.69) is 54.2 Å². The number of ether oxygens (including phenoxy) is 6. The van der Waals surface area contributed by atoms with Gasteiger partial charge in [-0.15, -0.1) is 11.3 Å². The largest absolute Gasteiger partial charge is 0.455 e. The number of nitrogens with one attached hydrogen (secondary N) is 9. The van der Waals surface area contributed by atoms with Gasteiger partial charge >= 0.3 is 18.1 Å². The highest BCUT2D eigenvalue weighted by Gasteiger charge is 2.41. The molecule has 0 radical (unpaired) electrons. The first kappa shape index (κ1) is 111. The Bertz CT molecular complexity index is 5080. The molecule has 11 N–H and O–H groups in total. The Morgan fingerprint density at radius 1 is 0.657 bits per heavy atom. The Morgan fingerprint density at radius 2 is 1.31 bits per heavy atom. The number of halogens is 1. The zero-order valence-electron chi connectivity index (χ0n) is 80.7. The van der Waals surface area contributed by atoms with Gasteiger partial charge in [-0.25, -0.2) is 32.1 Å². The van der Waals surface area contributed by atoms with Crippen LogP contribution in [0.4, 0.5) is 25.4 Å². The summed E-state index contributed by atoms with van der Waals surface area (Å²) in [5, 5.41) is 24.1. The summed E-state index contributed by atoms with van der Waals surface area (Å²) in [6.45, 7) is 21.2. The minimum absolute atomic E-state index is 0.0254. The first-order valence-electron chi connectivity index (χ1n) is 47.3. The van der Waals surface area contributed by atoms with Crippen molar-refractivity contribution in [2.45, 2.75) is 239 Å². The van der Waals surface area contributed by atoms with Crippen molar-refractivity contribution in [3.05, 3.63) is 177 Å². The average molecular weight is 1940 g/mol. The summed E-state index contributed by atoms with van der Waals surface area (Å²) >= 11 is 1.09. The molecule has 12 amide bonds. The Hall–Kier alpha value is -11.6. The predicted octanol–water partition coefficient (Wildman–Crippen LogP) is 11.5. The molecule has 8 atom stereocenters. The predicted molar refractivity (Wildman–Crippen MR) is 520 cm³/mol. The number of urea groups is 1. The van der Waals surface area contributed by atoms with Gasteiger partial charge in [-0.05, 0) is 152 Å². The summed E-state index contributed by atoms with van der Waals surface area (Å²) < 4.78 is 78.2. The van der Waals surface area contributed by atoms with Crippen molar-refractivity contribution < 1.29 is 98.8 Å². The standard InChI is InChI=1S/C100H139FN14O20S2/c1-12-14-15-21-50-114(96(124)90(68(7)13-2)111-93(122)83-29-20-22-49-113(83)11)84(66(3)4)60-85(135-69(8)116)95-109-81(65-136-95)92(121)107-78(59-70-30-38-76(101)39-31-70)61-100(9,10)97(125)112-137(128,129)79-42-34-71(35-43-79)62-105-99(127)134-64-72-32-40-77(41-33-72)106-91(120)80(27-23-47-104-98(102)126)108-94(123)89(67(5)6)110-87(118)46-51-130-53-55-132-57-58-133-56-54-131-52-48-103-86(117)44-45-88(119)115-63-75-26-17-16-24-73(75)36-37-74-25-18-19-28-82(74)115/h16-19,24-26,28,30-43,65-68,78,80,83-85,89-90H,12-15,20-23,27,29,44-64H2,1-11H3,(H,103,117)(H,105,127)(H,106,120)(H,107,121)(H,108,123)(H,110,118)(H,111,122)(H,112,125)(H3,102,104,126)/b37-36-/t68-,78-,80-,83+,84+,85+,89-,90-/m0/s1. The SMILES string of the molecule is CCCCCCN(C(=O)[C@@H](NC(=O)[C@H]1CCCCN1C)[C@@H](C)CC)[C@H](C[C@@H](OC(C)=O)c1nc(C(=O)N[C@@H](Cc2ccc(F)cc2)CC(C)(C)C(=O)NS(=O)(=O)c2ccc(CNC(=O)OCc3ccc(NC(=O)[C@H](CCCNC(N)=O)NC(=O)[C@@H](NC(=O)CCOCCOCCOCCOCCNC(=O)CCC(=O)N4Cc5ccccc5/C=C\c5ccccc54)C(C)C)cc3)cc2)cs1)C(C)C. The molecule has 2 aliphatic heterocycles. The number of rotatable bonds is 57. The van der Waals surface area contributed by atoms with Crippen LogP contribution in [0.1, 0.15) is 221 Å². The second-order valence-corrected chi connectivity index (χ2v) is 38.4. The molecule has 0 spiro atoms. The third-order valence-electron chi connectivity index (χ3n) is 23.9. The van der Waals surface area contributed by atoms with Gasteiger partial charge in [0.2, 0.25) is 47.3 Å². The van der Waals surface area contributed by atoms with Crippen LogP contribution in [0.25, 0.3) is 12.2 Å². The minimum Gasteiger partial charge on any atom is -0.455 e. The van der Waals surface area contributed by atoms with Gasteiger partial charge in [-0.1, -0.05) is 185 Å². The summed E-state index contributed by atoms with van der Waals surface area (Å²) in [5.74, 6) is -6.01. The highest BCUT2D eigenvalue weighted by atomic mass is 32.2. The van der Waals surface area contributed by atoms with E-state index >= 15 is 4.79 Å². The number of benzene rings is 5. The normalized spacial score (nSPS) is 15.0. The van der Waals surface area contributed by atoms with Gasteiger partial charge in [0.05, 0.1) is 76.0 Å². The maximum Gasteiger partial charge on any atom is 0.407 e. The number of alkyl carbamates (subject to hydrolysis) is 1. The number of para-hydroxylation sites is 1. The molecular formula is C100H139FN14O20S2. The molecule has 6 aromatic rings. The van der Waals surface area contributed by atoms with Crippen molar-refractivity contribution in [3.8, 4) is 0 Å². The molecule has 0 saturated carbocycles. The maximum atomic E-state index is 15.2. The molecule has 37 heteroatoms. The topological polar surface area (TPSA) is 451 Å². The minimum atomic E-state index is -4.53. The fourth-order valence-corrected chi connectivity index (χ4v) is 17.8. The second kappa shape index (κ2) is 56.9. The van der Waals surface area contributed by atoms with E-state index in [0.717, 1.165) is 72.4 Å². The van der Waals surface area contributed by atoms with Crippen LogP contribution in [-0.4, -0.2) is 217 Å². The van der Waals surface area contributed by atoms with Crippen molar-refractivity contribution in [2.24, 2.45) is 28.9 Å². The number of nitrogens with two attached hydrogens (primary N) is 1. The number of anilines is 2. The van der Waals surface area contributed by atoms with Crippen LogP contribution in [-0.2, 0) is 108 Å². The van der Waals surface area contributed by atoms with Crippen LogP contribution < -0.4 is 57.9 Å². The van der Waals surface area contributed by atoms with E-state index in [0.29, 0.717) is 61.3 Å². The molecule has 8 rings (SSSR count). The van der Waals surface area contributed by atoms with Crippen LogP contribution in [0.15, 0.2) is 132 Å². The number of primary amides is 1. The lowest BCUT2D eigenvalue weighted by Crippen LogP contribution is -2.59. The number of sulfonamides is 1. The number of nitrogens with zero attached hydrogens (tertiary/aromatic N) is 4. The molecule has 34 nitrogen and oxygen atoms in total. The lowest BCUT2D eigenvalue weighted by molar-refractivity contribution is -0.150. The fraction of sp³-hybridized carbons (Fsp3) is 0.530. The molecule has 1 fully saturated rings. The first-order valence-corrected chi connectivity index (χ1v) is 49.7. The molecule has 0 bridgehead atoms. The Kier molecular flexibility index (Phi) is 46.0. The Labute approximate surface area is 807 Å². The number of carbonyl (C=O) groups excluding carboxylic acids is 12. The maximum absolute atomic E-state index is 15.2. The van der Waals surface area contributed by atoms with Gasteiger partial charge in [0, 0.05) is 87.4 Å². The van der Waals surface area contributed by atoms with Gasteiger partial charge in [-0.3, -0.25) is 52.8 Å². The number of piperidine rings is 1. The van der Waals surface area contributed by atoms with Crippen molar-refractivity contribution in [2.75, 3.05) is 96.3 Å². The molecule has 1 aromatic heterocycles. The average Bonchev–Trinajstić information content (AvgIpc) is 1.33. The third-order valence-corrected chi connectivity index (χ3v) is 26.2. The molecule has 137 heavy (non-hydrogen) atoms. The second-order valence-electron chi connectivity index (χ2n) is 35.9. The summed E-state index contributed by atoms with van der Waals surface area (Å²) in [6, 6.07) is 27.3. The van der Waals surface area contributed by atoms with Gasteiger partial charge < -0.3 is 86.5 Å². The number of fused-ring (bicyclic) bond motifs is 2. The monoisotopic (exact) mass is 1940 g/mol. The van der Waals surface area contributed by atoms with Crippen molar-refractivity contribution in [1.82, 2.24) is 56.7 Å². The number of hydrogen-bond acceptors (Lipinski definition) is 23. The van der Waals surface area contributed by atoms with E-state index in [9.17, 15) is 65.5 Å². The third kappa shape index (κ3) is 37.3. The van der Waals surface area contributed by atoms with Gasteiger partial charge in [0.15, 0.2) is 6.10 Å². The fourth-order valence-electron chi connectivity index (χ4n) is 15.9. The summed E-state index contributed by atoms with van der Waals surface area (Å²) in [7, 11) is -2.60. The van der Waals surface area contributed by atoms with Crippen LogP contribution in [0.5, 0.6) is 0 Å². The van der Waals surface area contributed by atoms with E-state index in [4.69, 9.17) is 39.1 Å². The molecule has 0 aliphatic carbocycles. The number of thiazole rings is 1. The van der Waals surface area contributed by atoms with Crippen LogP contribution in [0, 0.1) is 29.0 Å². The highest BCUT2D eigenvalue weighted by molar-refractivity contribution is 7.90. The van der Waals surface area contributed by atoms with E-state index in [1.54, 1.807) is 43.0 Å². The smallest absolute Gasteiger partial charge is 0.407 e. The molecule has 748 valence electrons. The quantitative estimate of drug-likeness (QED) is 0.0125. The molecular weight excluding hydrogens is 1800 g/mol. The Morgan fingerprint density at radius 3 is 1.96 bits per heavy atom. The number of esters is 1. The van der Waals surface area contributed by atoms with E-state index < -0.39 is 111 Å². The van der Waals surface area contributed by atoms with E-state index in [1.165, 1.54) is 74.7 Å². The summed E-state index contributed by atoms with van der Waals surface area (Å²) in [6.07, 6.45) is 9.25. The molecule has 2 aliphatic rings. The number of unbranched alkanes of at least 4 members (excludes halogenated alkanes) is 3. The molecule has 1 saturated heterocycles. The Balaban J connectivity index is 0.743. The van der Waals surface area contributed by atoms with Crippen molar-refractivity contribution in [1.29, 1.82) is 0 Å². The number of amides is 12. The molecule has 5 aromatic carbocycles. The zero-order chi connectivity index (χ0) is 99.6. The van der Waals surface area contributed by atoms with E-state index in [1.807, 2.05) is 105 Å². The van der Waals surface area contributed by atoms with Crippen LogP contribution >= 0.6 is 11.3 Å². The number of aromatic nitrogens is 1. The highest BCUT2D eigenvalue weighted by Crippen LogP contribution is 2.35. The van der Waals surface area contributed by atoms with Gasteiger partial charge in [-0.2, -0.15) is 0 Å². The number of hydrogen-bond donors (Lipinski definition) is 10. The molecule has 3 heterocycles. The van der Waals surface area contributed by atoms with Crippen LogP contribution in [0.3, 0.4) is 0 Å². The number of likely N-dealkylation sites (tertiary alicyclic amines) is 1.